The normalized spacial score (nSPS) is 9.58. The van der Waals surface area contributed by atoms with Crippen LogP contribution in [0.2, 0.25) is 0 Å². The van der Waals surface area contributed by atoms with E-state index in [-0.39, 0.29) is 12.5 Å². The number of hydrogen-bond acceptors (Lipinski definition) is 4. The Hall–Kier alpha value is -2.58. The molecule has 0 fully saturated rings. The first-order valence-electron chi connectivity index (χ1n) is 5.72. The third kappa shape index (κ3) is 3.21. The van der Waals surface area contributed by atoms with Gasteiger partial charge in [0.2, 0.25) is 0 Å². The Bertz CT molecular complexity index is 636. The van der Waals surface area contributed by atoms with Crippen molar-refractivity contribution in [2.45, 2.75) is 6.92 Å². The summed E-state index contributed by atoms with van der Waals surface area (Å²) < 4.78 is 4.66. The van der Waals surface area contributed by atoms with Crippen LogP contribution in [0.1, 0.15) is 21.5 Å². The molecule has 19 heavy (non-hydrogen) atoms. The first-order valence-corrected chi connectivity index (χ1v) is 5.72. The summed E-state index contributed by atoms with van der Waals surface area (Å²) in [5.74, 6) is 5.73. The van der Waals surface area contributed by atoms with E-state index >= 15 is 0 Å². The second-order valence-corrected chi connectivity index (χ2v) is 3.89. The Morgan fingerprint density at radius 1 is 1.47 bits per heavy atom. The van der Waals surface area contributed by atoms with Crippen LogP contribution in [0.3, 0.4) is 0 Å². The highest BCUT2D eigenvalue weighted by atomic mass is 16.5. The lowest BCUT2D eigenvalue weighted by Gasteiger charge is -2.05. The van der Waals surface area contributed by atoms with Crippen LogP contribution >= 0.6 is 0 Å². The monoisotopic (exact) mass is 255 g/mol. The summed E-state index contributed by atoms with van der Waals surface area (Å²) in [5, 5.41) is 6.26. The summed E-state index contributed by atoms with van der Waals surface area (Å²) in [6, 6.07) is 6.99. The fourth-order valence-corrected chi connectivity index (χ4v) is 1.57. The second-order valence-electron chi connectivity index (χ2n) is 3.89. The van der Waals surface area contributed by atoms with Gasteiger partial charge in [-0.15, -0.1) is 0 Å². The zero-order valence-corrected chi connectivity index (χ0v) is 10.4. The van der Waals surface area contributed by atoms with Crippen LogP contribution in [0.5, 0.6) is 0 Å². The number of aromatic nitrogens is 1. The molecular weight excluding hydrogens is 242 g/mol. The number of aryl methyl sites for hydroxylation is 1. The van der Waals surface area contributed by atoms with E-state index in [0.29, 0.717) is 16.9 Å². The molecule has 0 radical (unpaired) electrons. The average molecular weight is 255 g/mol. The van der Waals surface area contributed by atoms with Crippen molar-refractivity contribution in [3.63, 3.8) is 0 Å². The third-order valence-corrected chi connectivity index (χ3v) is 2.42. The molecule has 3 N–H and O–H groups in total. The molecule has 2 rings (SSSR count). The molecule has 0 atom stereocenters. The summed E-state index contributed by atoms with van der Waals surface area (Å²) in [5.41, 5.74) is 7.51. The molecule has 0 spiro atoms. The lowest BCUT2D eigenvalue weighted by atomic mass is 10.0. The Balaban J connectivity index is 2.30. The minimum atomic E-state index is -0.282. The van der Waals surface area contributed by atoms with E-state index in [1.54, 1.807) is 12.1 Å². The number of anilines is 1. The number of nitrogens with two attached hydrogens (primary N) is 1. The van der Waals surface area contributed by atoms with Gasteiger partial charge in [-0.2, -0.15) is 0 Å². The average Bonchev–Trinajstić information content (AvgIpc) is 2.89. The Kier molecular flexibility index (Phi) is 3.96. The van der Waals surface area contributed by atoms with Gasteiger partial charge in [-0.3, -0.25) is 4.79 Å². The standard InChI is InChI=1S/C14H13N3O2/c1-10-4-5-12(11(9-10)3-2-7-15)14(18)16-13-6-8-19-17-13/h4-6,8-9H,7,15H2,1H3,(H,16,17,18). The van der Waals surface area contributed by atoms with Gasteiger partial charge >= 0.3 is 0 Å². The lowest BCUT2D eigenvalue weighted by molar-refractivity contribution is 0.102. The molecule has 2 aromatic rings. The van der Waals surface area contributed by atoms with Crippen molar-refractivity contribution in [3.8, 4) is 11.8 Å². The smallest absolute Gasteiger partial charge is 0.258 e. The van der Waals surface area contributed by atoms with Crippen molar-refractivity contribution in [2.75, 3.05) is 11.9 Å². The summed E-state index contributed by atoms with van der Waals surface area (Å²) in [4.78, 5) is 12.1. The minimum absolute atomic E-state index is 0.248. The number of hydrogen-bond donors (Lipinski definition) is 2. The van der Waals surface area contributed by atoms with Crippen LogP contribution in [0.4, 0.5) is 5.82 Å². The molecule has 1 heterocycles. The van der Waals surface area contributed by atoms with E-state index < -0.39 is 0 Å². The number of rotatable bonds is 2. The van der Waals surface area contributed by atoms with Crippen molar-refractivity contribution in [2.24, 2.45) is 5.73 Å². The molecule has 1 aromatic carbocycles. The summed E-state index contributed by atoms with van der Waals surface area (Å²) in [7, 11) is 0. The van der Waals surface area contributed by atoms with Crippen LogP contribution in [0.15, 0.2) is 35.1 Å². The predicted octanol–water partition coefficient (Wildman–Crippen LogP) is 1.55. The number of nitrogens with one attached hydrogen (secondary N) is 1. The predicted molar refractivity (Wildman–Crippen MR) is 71.6 cm³/mol. The van der Waals surface area contributed by atoms with E-state index in [2.05, 4.69) is 26.8 Å². The minimum Gasteiger partial charge on any atom is -0.363 e. The maximum absolute atomic E-state index is 12.1. The van der Waals surface area contributed by atoms with Crippen molar-refractivity contribution in [1.82, 2.24) is 5.16 Å². The van der Waals surface area contributed by atoms with Gasteiger partial charge in [0.25, 0.3) is 5.91 Å². The van der Waals surface area contributed by atoms with Gasteiger partial charge in [0.05, 0.1) is 12.1 Å². The highest BCUT2D eigenvalue weighted by Crippen LogP contribution is 2.13. The molecule has 0 saturated carbocycles. The third-order valence-electron chi connectivity index (χ3n) is 2.42. The number of carbonyl (C=O) groups is 1. The van der Waals surface area contributed by atoms with Crippen LogP contribution < -0.4 is 11.1 Å². The first kappa shape index (κ1) is 12.9. The van der Waals surface area contributed by atoms with E-state index in [4.69, 9.17) is 5.73 Å². The molecule has 0 aliphatic rings. The molecule has 1 amide bonds. The summed E-state index contributed by atoms with van der Waals surface area (Å²) >= 11 is 0. The quantitative estimate of drug-likeness (QED) is 0.798. The molecule has 5 nitrogen and oxygen atoms in total. The van der Waals surface area contributed by atoms with Gasteiger partial charge in [-0.1, -0.05) is 23.1 Å². The number of nitrogens with zero attached hydrogens (tertiary/aromatic N) is 1. The van der Waals surface area contributed by atoms with Crippen molar-refractivity contribution < 1.29 is 9.32 Å². The Morgan fingerprint density at radius 2 is 2.32 bits per heavy atom. The SMILES string of the molecule is Cc1ccc(C(=O)Nc2ccon2)c(C#CCN)c1. The molecule has 0 unspecified atom stereocenters. The highest BCUT2D eigenvalue weighted by Gasteiger charge is 2.11. The number of carbonyl (C=O) groups excluding carboxylic acids is 1. The summed E-state index contributed by atoms with van der Waals surface area (Å²) in [6.45, 7) is 2.19. The fourth-order valence-electron chi connectivity index (χ4n) is 1.57. The zero-order chi connectivity index (χ0) is 13.7. The van der Waals surface area contributed by atoms with E-state index in [9.17, 15) is 4.79 Å². The van der Waals surface area contributed by atoms with Crippen LogP contribution in [-0.2, 0) is 0 Å². The maximum Gasteiger partial charge on any atom is 0.258 e. The van der Waals surface area contributed by atoms with Crippen LogP contribution in [-0.4, -0.2) is 17.6 Å². The first-order chi connectivity index (χ1) is 9.20. The Morgan fingerprint density at radius 3 is 3.00 bits per heavy atom. The van der Waals surface area contributed by atoms with E-state index in [1.807, 2.05) is 19.1 Å². The van der Waals surface area contributed by atoms with Crippen molar-refractivity contribution in [3.05, 3.63) is 47.2 Å². The maximum atomic E-state index is 12.1. The molecule has 0 aliphatic heterocycles. The van der Waals surface area contributed by atoms with Gasteiger partial charge in [-0.25, -0.2) is 0 Å². The van der Waals surface area contributed by atoms with Gasteiger partial charge in [0.15, 0.2) is 5.82 Å². The molecule has 0 aliphatic carbocycles. The molecular formula is C14H13N3O2. The zero-order valence-electron chi connectivity index (χ0n) is 10.4. The number of amides is 1. The molecule has 0 saturated heterocycles. The van der Waals surface area contributed by atoms with Gasteiger partial charge < -0.3 is 15.6 Å². The van der Waals surface area contributed by atoms with Crippen LogP contribution in [0, 0.1) is 18.8 Å². The fraction of sp³-hybridized carbons (Fsp3) is 0.143. The van der Waals surface area contributed by atoms with Gasteiger partial charge in [-0.05, 0) is 24.6 Å². The lowest BCUT2D eigenvalue weighted by Crippen LogP contribution is -2.14. The summed E-state index contributed by atoms with van der Waals surface area (Å²) in [6.07, 6.45) is 1.39. The molecule has 1 aromatic heterocycles. The number of benzene rings is 1. The second kappa shape index (κ2) is 5.85. The Labute approximate surface area is 110 Å². The van der Waals surface area contributed by atoms with E-state index in [0.717, 1.165) is 5.56 Å². The molecule has 96 valence electrons. The van der Waals surface area contributed by atoms with Gasteiger partial charge in [0.1, 0.15) is 6.26 Å². The largest absolute Gasteiger partial charge is 0.363 e. The highest BCUT2D eigenvalue weighted by molar-refractivity contribution is 6.05. The topological polar surface area (TPSA) is 81.2 Å². The van der Waals surface area contributed by atoms with Crippen molar-refractivity contribution in [1.29, 1.82) is 0 Å². The van der Waals surface area contributed by atoms with Gasteiger partial charge in [0, 0.05) is 11.6 Å². The molecule has 5 heteroatoms. The van der Waals surface area contributed by atoms with Crippen molar-refractivity contribution >= 4 is 11.7 Å². The molecule has 0 bridgehead atoms. The van der Waals surface area contributed by atoms with E-state index in [1.165, 1.54) is 6.26 Å². The van der Waals surface area contributed by atoms with Crippen LogP contribution in [0.25, 0.3) is 0 Å².